The minimum absolute atomic E-state index is 0. The Kier molecular flexibility index (Phi) is 18.7. The number of hydrogen-bond donors (Lipinski definition) is 0. The van der Waals surface area contributed by atoms with Crippen LogP contribution in [-0.2, 0) is 36.0 Å². The fourth-order valence-corrected chi connectivity index (χ4v) is 1.22. The summed E-state index contributed by atoms with van der Waals surface area (Å²) < 4.78 is 15.4. The Bertz CT molecular complexity index is 407. The fraction of sp³-hybridized carbons (Fsp3) is 0. The Labute approximate surface area is 137 Å². The second-order valence-corrected chi connectivity index (χ2v) is 3.90. The second-order valence-electron chi connectivity index (χ2n) is 2.31. The Morgan fingerprint density at radius 2 is 1.26 bits per heavy atom. The summed E-state index contributed by atoms with van der Waals surface area (Å²) in [7, 11) is 0. The first-order valence-electron chi connectivity index (χ1n) is 4.06. The summed E-state index contributed by atoms with van der Waals surface area (Å²) in [6.07, 6.45) is 0. The minimum Gasteiger partial charge on any atom is -0.214 e. The molecule has 0 aliphatic carbocycles. The average Bonchev–Trinajstić information content (AvgIpc) is 3.06. The van der Waals surface area contributed by atoms with Crippen molar-refractivity contribution in [1.82, 2.24) is 0 Å². The van der Waals surface area contributed by atoms with E-state index < -0.39 is 11.8 Å². The monoisotopic (exact) mass is 429 g/mol. The third-order valence-corrected chi connectivity index (χ3v) is 3.33. The van der Waals surface area contributed by atoms with Crippen molar-refractivity contribution in [2.45, 2.75) is 0 Å². The molecule has 0 aromatic heterocycles. The Balaban J connectivity index is -0.000000220. The van der Waals surface area contributed by atoms with Gasteiger partial charge in [0.15, 0.2) is 0 Å². The van der Waals surface area contributed by atoms with E-state index in [4.69, 9.17) is 9.30 Å². The van der Waals surface area contributed by atoms with Gasteiger partial charge in [-0.05, 0) is 31.9 Å². The molecule has 0 N–H and O–H groups in total. The summed E-state index contributed by atoms with van der Waals surface area (Å²) in [5.74, 6) is -1.04. The number of halogens is 2. The Morgan fingerprint density at radius 1 is 0.947 bits per heavy atom. The molecular weight excluding hydrogens is 426 g/mol. The largest absolute Gasteiger partial charge is 2.00 e. The van der Waals surface area contributed by atoms with Crippen molar-refractivity contribution in [2.75, 3.05) is 0 Å². The van der Waals surface area contributed by atoms with Crippen LogP contribution in [-0.4, -0.2) is 11.8 Å². The number of hydrogen-bond acceptors (Lipinski definition) is 2. The normalized spacial score (nSPS) is 11.3. The van der Waals surface area contributed by atoms with Crippen LogP contribution < -0.4 is 0 Å². The quantitative estimate of drug-likeness (QED) is 0.274. The zero-order chi connectivity index (χ0) is 14.6. The van der Waals surface area contributed by atoms with Gasteiger partial charge in [0, 0.05) is 0 Å². The number of carbonyl (C=O) groups excluding carboxylic acids is 2. The van der Waals surface area contributed by atoms with E-state index in [1.165, 1.54) is 0 Å². The third kappa shape index (κ3) is 9.73. The van der Waals surface area contributed by atoms with E-state index in [0.717, 1.165) is 0 Å². The van der Waals surface area contributed by atoms with Crippen molar-refractivity contribution in [1.29, 1.82) is 0 Å². The molecule has 5 nitrogen and oxygen atoms in total. The number of rotatable bonds is 0. The Morgan fingerprint density at radius 3 is 1.37 bits per heavy atom. The van der Waals surface area contributed by atoms with Gasteiger partial charge in [-0.25, -0.2) is 12.1 Å². The average molecular weight is 431 g/mol. The summed E-state index contributed by atoms with van der Waals surface area (Å²) in [5, 5.41) is 3.11. The topological polar surface area (TPSA) is 88.0 Å². The van der Waals surface area contributed by atoms with Crippen molar-refractivity contribution in [3.8, 4) is 0 Å². The smallest absolute Gasteiger partial charge is 0.214 e. The van der Waals surface area contributed by atoms with Gasteiger partial charge in [-0.15, -0.1) is 0 Å². The van der Waals surface area contributed by atoms with E-state index in [2.05, 4.69) is 50.5 Å². The molecule has 100 valence electrons. The van der Waals surface area contributed by atoms with Gasteiger partial charge in [-0.1, -0.05) is 0 Å². The van der Waals surface area contributed by atoms with E-state index >= 15 is 0 Å². The zero-order valence-corrected chi connectivity index (χ0v) is 13.4. The fourth-order valence-electron chi connectivity index (χ4n) is 0.699. The van der Waals surface area contributed by atoms with Crippen LogP contribution in [0, 0.1) is 13.3 Å². The maximum Gasteiger partial charge on any atom is 2.00 e. The van der Waals surface area contributed by atoms with Crippen molar-refractivity contribution >= 4 is 43.7 Å². The molecule has 1 heterocycles. The molecule has 19 heavy (non-hydrogen) atoms. The van der Waals surface area contributed by atoms with Gasteiger partial charge >= 0.3 is 39.7 Å². The third-order valence-electron chi connectivity index (χ3n) is 1.33. The molecular formula is C11H5Br2FeNO4. The molecule has 2 rings (SSSR count). The van der Waals surface area contributed by atoms with Crippen molar-refractivity contribution in [3.05, 3.63) is 57.9 Å². The first kappa shape index (κ1) is 23.3. The molecule has 1 aliphatic rings. The Hall–Kier alpha value is -0.811. The van der Waals surface area contributed by atoms with Gasteiger partial charge in [-0.2, -0.15) is 18.2 Å². The van der Waals surface area contributed by atoms with Crippen molar-refractivity contribution in [3.63, 3.8) is 0 Å². The number of carbonyl (C=O) groups is 2. The standard InChI is InChI=1S/C5H5.C4HBr2NO2.2CO.Fe/c1-2-4-5-3-1;5-1-2(6)4(9)7-3(1)8;2*1-2;/h1-5H;(H,7,8,9);;;/q-1;;;;+2/p-1. The predicted molar refractivity (Wildman–Crippen MR) is 68.1 cm³/mol. The van der Waals surface area contributed by atoms with Crippen LogP contribution in [0.3, 0.4) is 0 Å². The predicted octanol–water partition coefficient (Wildman–Crippen LogP) is 2.76. The van der Waals surface area contributed by atoms with Gasteiger partial charge in [0.05, 0.1) is 20.8 Å². The van der Waals surface area contributed by atoms with Gasteiger partial charge in [0.25, 0.3) is 0 Å². The molecule has 0 fully saturated rings. The summed E-state index contributed by atoms with van der Waals surface area (Å²) >= 11 is 5.76. The molecule has 8 heteroatoms. The molecule has 0 saturated carbocycles. The van der Waals surface area contributed by atoms with Gasteiger partial charge in [0.1, 0.15) is 0 Å². The van der Waals surface area contributed by atoms with Crippen LogP contribution in [0.4, 0.5) is 0 Å². The molecule has 0 spiro atoms. The van der Waals surface area contributed by atoms with Gasteiger partial charge in [-0.3, -0.25) is 0 Å². The van der Waals surface area contributed by atoms with E-state index in [-0.39, 0.29) is 26.0 Å². The van der Waals surface area contributed by atoms with Crippen molar-refractivity contribution in [2.24, 2.45) is 0 Å². The molecule has 0 radical (unpaired) electrons. The molecule has 1 aliphatic heterocycles. The first-order valence-corrected chi connectivity index (χ1v) is 5.64. The molecule has 0 unspecified atom stereocenters. The van der Waals surface area contributed by atoms with E-state index in [0.29, 0.717) is 0 Å². The van der Waals surface area contributed by atoms with Crippen LogP contribution >= 0.6 is 31.9 Å². The zero-order valence-electron chi connectivity index (χ0n) is 9.08. The number of nitrogens with zero attached hydrogens (tertiary/aromatic N) is 1. The number of imide groups is 1. The maximum absolute atomic E-state index is 10.5. The molecule has 0 saturated heterocycles. The summed E-state index contributed by atoms with van der Waals surface area (Å²) in [5.41, 5.74) is 0. The van der Waals surface area contributed by atoms with Gasteiger partial charge < -0.3 is 14.9 Å². The van der Waals surface area contributed by atoms with Gasteiger partial charge in [0.2, 0.25) is 0 Å². The number of amides is 2. The van der Waals surface area contributed by atoms with E-state index in [1.54, 1.807) is 0 Å². The van der Waals surface area contributed by atoms with Crippen molar-refractivity contribution < 1.29 is 36.0 Å². The summed E-state index contributed by atoms with van der Waals surface area (Å²) in [6.45, 7) is 9.00. The molecule has 0 bridgehead atoms. The first-order chi connectivity index (χ1) is 8.63. The van der Waals surface area contributed by atoms with Crippen LogP contribution in [0.15, 0.2) is 39.3 Å². The summed E-state index contributed by atoms with van der Waals surface area (Å²) in [4.78, 5) is 20.9. The molecule has 1 aromatic rings. The minimum atomic E-state index is -0.521. The van der Waals surface area contributed by atoms with Crippen LogP contribution in [0.2, 0.25) is 0 Å². The molecule has 2 amide bonds. The second kappa shape index (κ2) is 15.2. The maximum atomic E-state index is 10.5. The van der Waals surface area contributed by atoms with Crippen LogP contribution in [0.25, 0.3) is 5.32 Å². The van der Waals surface area contributed by atoms with Crippen LogP contribution in [0.5, 0.6) is 0 Å². The van der Waals surface area contributed by atoms with Crippen LogP contribution in [0.1, 0.15) is 0 Å². The molecule has 1 aromatic carbocycles. The summed E-state index contributed by atoms with van der Waals surface area (Å²) in [6, 6.07) is 10.0. The van der Waals surface area contributed by atoms with E-state index in [9.17, 15) is 9.59 Å². The molecule has 0 atom stereocenters. The van der Waals surface area contributed by atoms with E-state index in [1.807, 2.05) is 30.3 Å². The SMILES string of the molecule is O=C1[N-]C(=O)C(Br)=C1Br.[C-]#[O+].[C-]#[O+].[Fe+2].c1cc[cH-]c1.